The number of carbonyl (C=O) groups is 7. The SMILES string of the molecule is CCCC[C@H](NC(=O)CCCC(=O)O)C(=O)N[C@H]1CSCc2cccc(c2)CSCCNC(=O)[C@H]([C@@H](C)CC)NC(=O)[C@H](CC(C)C)NC(=O)C(C)(C)NC1=O. The summed E-state index contributed by atoms with van der Waals surface area (Å²) in [6.07, 6.45) is 2.48. The third-order valence-corrected chi connectivity index (χ3v) is 11.5. The van der Waals surface area contributed by atoms with Crippen LogP contribution in [0.3, 0.4) is 0 Å². The van der Waals surface area contributed by atoms with E-state index in [0.717, 1.165) is 17.5 Å². The Morgan fingerprint density at radius 1 is 0.929 bits per heavy atom. The topological polar surface area (TPSA) is 212 Å². The molecule has 1 aromatic carbocycles. The van der Waals surface area contributed by atoms with Crippen molar-refractivity contribution in [2.24, 2.45) is 11.8 Å². The molecule has 1 aromatic rings. The fourth-order valence-corrected chi connectivity index (χ4v) is 7.71. The number of aliphatic carboxylic acids is 1. The predicted molar refractivity (Wildman–Crippen MR) is 222 cm³/mol. The molecule has 1 heterocycles. The molecule has 0 unspecified atom stereocenters. The molecule has 314 valence electrons. The summed E-state index contributed by atoms with van der Waals surface area (Å²) in [7, 11) is 0. The second kappa shape index (κ2) is 24.8. The highest BCUT2D eigenvalue weighted by Crippen LogP contribution is 2.20. The average molecular weight is 821 g/mol. The predicted octanol–water partition coefficient (Wildman–Crippen LogP) is 3.65. The van der Waals surface area contributed by atoms with Crippen molar-refractivity contribution in [1.29, 1.82) is 0 Å². The maximum Gasteiger partial charge on any atom is 0.303 e. The summed E-state index contributed by atoms with van der Waals surface area (Å²) in [5.41, 5.74) is 0.582. The summed E-state index contributed by atoms with van der Waals surface area (Å²) in [6.45, 7) is 13.0. The van der Waals surface area contributed by atoms with Crippen LogP contribution in [0.25, 0.3) is 0 Å². The van der Waals surface area contributed by atoms with E-state index in [1.165, 1.54) is 25.6 Å². The zero-order valence-corrected chi connectivity index (χ0v) is 35.7. The molecule has 0 spiro atoms. The first-order chi connectivity index (χ1) is 26.5. The minimum atomic E-state index is -1.53. The number of thioether (sulfide) groups is 2. The highest BCUT2D eigenvalue weighted by molar-refractivity contribution is 7.98. The number of hydrogen-bond donors (Lipinski definition) is 7. The molecule has 1 aliphatic heterocycles. The van der Waals surface area contributed by atoms with Crippen LogP contribution in [0.5, 0.6) is 0 Å². The van der Waals surface area contributed by atoms with Gasteiger partial charge in [-0.3, -0.25) is 33.6 Å². The van der Waals surface area contributed by atoms with Crippen molar-refractivity contribution in [2.45, 2.75) is 141 Å². The molecular weight excluding hydrogens is 757 g/mol. The van der Waals surface area contributed by atoms with E-state index in [-0.39, 0.29) is 49.2 Å². The monoisotopic (exact) mass is 820 g/mol. The number of rotatable bonds is 14. The maximum atomic E-state index is 14.0. The van der Waals surface area contributed by atoms with E-state index in [4.69, 9.17) is 5.11 Å². The van der Waals surface area contributed by atoms with Gasteiger partial charge in [0.1, 0.15) is 29.7 Å². The second-order valence-corrected chi connectivity index (χ2v) is 17.5. The molecule has 6 amide bonds. The van der Waals surface area contributed by atoms with Gasteiger partial charge >= 0.3 is 5.97 Å². The van der Waals surface area contributed by atoms with Gasteiger partial charge in [-0.1, -0.05) is 78.1 Å². The largest absolute Gasteiger partial charge is 0.481 e. The standard InChI is InChI=1S/C40H64N6O8S2/c1-8-10-15-29(42-32(47)16-12-17-33(48)49)35(50)43-31-24-56-23-28-14-11-13-27(21-28)22-55-19-18-41-38(53)34(26(5)9-2)45-36(51)30(20-25(3)4)44-39(54)40(6,7)46-37(31)52/h11,13-14,21,25-26,29-31,34H,8-10,12,15-20,22-24H2,1-7H3,(H,41,53)(H,42,47)(H,43,50)(H,44,54)(H,45,51)(H,46,52)(H,48,49)/t26-,29-,30-,31-,34-/m0/s1. The van der Waals surface area contributed by atoms with Crippen molar-refractivity contribution >= 4 is 64.9 Å². The zero-order chi connectivity index (χ0) is 41.8. The first kappa shape index (κ1) is 48.4. The molecular formula is C40H64N6O8S2. The molecule has 5 atom stereocenters. The molecule has 2 rings (SSSR count). The molecule has 1 aliphatic rings. The Balaban J connectivity index is 2.43. The van der Waals surface area contributed by atoms with E-state index in [9.17, 15) is 33.6 Å². The Labute approximate surface area is 340 Å². The number of amides is 6. The molecule has 0 saturated carbocycles. The number of nitrogens with one attached hydrogen (secondary N) is 6. The lowest BCUT2D eigenvalue weighted by Crippen LogP contribution is -2.63. The van der Waals surface area contributed by atoms with Gasteiger partial charge in [0, 0.05) is 42.4 Å². The van der Waals surface area contributed by atoms with E-state index in [1.54, 1.807) is 11.8 Å². The fourth-order valence-electron chi connectivity index (χ4n) is 5.90. The molecule has 56 heavy (non-hydrogen) atoms. The molecule has 16 heteroatoms. The van der Waals surface area contributed by atoms with Crippen molar-refractivity contribution in [3.05, 3.63) is 35.4 Å². The van der Waals surface area contributed by atoms with Gasteiger partial charge in [-0.05, 0) is 56.1 Å². The number of carboxylic acid groups (broad SMARTS) is 1. The Morgan fingerprint density at radius 3 is 2.23 bits per heavy atom. The summed E-state index contributed by atoms with van der Waals surface area (Å²) in [4.78, 5) is 92.3. The number of hydrogen-bond acceptors (Lipinski definition) is 9. The molecule has 14 nitrogen and oxygen atoms in total. The first-order valence-electron chi connectivity index (χ1n) is 19.7. The van der Waals surface area contributed by atoms with Gasteiger partial charge in [0.15, 0.2) is 0 Å². The minimum Gasteiger partial charge on any atom is -0.481 e. The quantitative estimate of drug-likeness (QED) is 0.145. The highest BCUT2D eigenvalue weighted by Gasteiger charge is 2.37. The summed E-state index contributed by atoms with van der Waals surface area (Å²) in [5.74, 6) is -2.22. The van der Waals surface area contributed by atoms with Crippen LogP contribution in [0, 0.1) is 11.8 Å². The summed E-state index contributed by atoms with van der Waals surface area (Å²) >= 11 is 3.09. The molecule has 0 saturated heterocycles. The van der Waals surface area contributed by atoms with Gasteiger partial charge in [-0.25, -0.2) is 0 Å². The summed E-state index contributed by atoms with van der Waals surface area (Å²) in [6, 6.07) is 4.18. The highest BCUT2D eigenvalue weighted by atomic mass is 32.2. The van der Waals surface area contributed by atoms with E-state index in [2.05, 4.69) is 38.0 Å². The van der Waals surface area contributed by atoms with E-state index < -0.39 is 65.2 Å². The summed E-state index contributed by atoms with van der Waals surface area (Å²) in [5, 5.41) is 25.9. The van der Waals surface area contributed by atoms with Crippen molar-refractivity contribution in [1.82, 2.24) is 31.9 Å². The number of carbonyl (C=O) groups excluding carboxylic acids is 6. The Hall–Kier alpha value is -3.79. The molecule has 0 radical (unpaired) electrons. The first-order valence-corrected chi connectivity index (χ1v) is 22.0. The molecule has 7 N–H and O–H groups in total. The van der Waals surface area contributed by atoms with Crippen LogP contribution in [0.1, 0.15) is 111 Å². The second-order valence-electron chi connectivity index (χ2n) is 15.4. The van der Waals surface area contributed by atoms with Crippen LogP contribution in [-0.2, 0) is 45.1 Å². The van der Waals surface area contributed by atoms with Crippen molar-refractivity contribution in [3.8, 4) is 0 Å². The smallest absolute Gasteiger partial charge is 0.303 e. The van der Waals surface area contributed by atoms with E-state index >= 15 is 0 Å². The van der Waals surface area contributed by atoms with Gasteiger partial charge in [-0.15, -0.1) is 0 Å². The Kier molecular flexibility index (Phi) is 21.4. The number of unbranched alkanes of at least 4 members (excludes halogenated alkanes) is 1. The zero-order valence-electron chi connectivity index (χ0n) is 34.1. The number of fused-ring (bicyclic) bond motifs is 2. The summed E-state index contributed by atoms with van der Waals surface area (Å²) < 4.78 is 0. The normalized spacial score (nSPS) is 21.5. The molecule has 0 aliphatic carbocycles. The van der Waals surface area contributed by atoms with Gasteiger partial charge in [0.05, 0.1) is 0 Å². The molecule has 2 bridgehead atoms. The fraction of sp³-hybridized carbons (Fsp3) is 0.675. The lowest BCUT2D eigenvalue weighted by Gasteiger charge is -2.32. The van der Waals surface area contributed by atoms with Crippen molar-refractivity contribution in [3.63, 3.8) is 0 Å². The molecule has 0 aromatic heterocycles. The van der Waals surface area contributed by atoms with Gasteiger partial charge in [0.25, 0.3) is 0 Å². The number of carboxylic acids is 1. The molecule has 0 fully saturated rings. The van der Waals surface area contributed by atoms with Gasteiger partial charge in [0.2, 0.25) is 35.4 Å². The van der Waals surface area contributed by atoms with Crippen LogP contribution in [0.2, 0.25) is 0 Å². The third-order valence-electron chi connectivity index (χ3n) is 9.41. The Bertz CT molecular complexity index is 1490. The maximum absolute atomic E-state index is 14.0. The van der Waals surface area contributed by atoms with Crippen LogP contribution >= 0.6 is 23.5 Å². The van der Waals surface area contributed by atoms with Gasteiger partial charge in [-0.2, -0.15) is 23.5 Å². The number of benzene rings is 1. The van der Waals surface area contributed by atoms with Crippen LogP contribution in [-0.4, -0.2) is 94.3 Å². The van der Waals surface area contributed by atoms with Crippen molar-refractivity contribution < 1.29 is 38.7 Å². The van der Waals surface area contributed by atoms with Crippen LogP contribution < -0.4 is 31.9 Å². The van der Waals surface area contributed by atoms with E-state index in [1.807, 2.05) is 52.8 Å². The van der Waals surface area contributed by atoms with E-state index in [0.29, 0.717) is 43.1 Å². The van der Waals surface area contributed by atoms with Gasteiger partial charge < -0.3 is 37.0 Å². The van der Waals surface area contributed by atoms with Crippen LogP contribution in [0.4, 0.5) is 0 Å². The van der Waals surface area contributed by atoms with Crippen LogP contribution in [0.15, 0.2) is 24.3 Å². The average Bonchev–Trinajstić information content (AvgIpc) is 3.13. The third kappa shape index (κ3) is 17.6. The lowest BCUT2D eigenvalue weighted by atomic mass is 9.96. The van der Waals surface area contributed by atoms with Crippen molar-refractivity contribution in [2.75, 3.05) is 18.1 Å². The lowest BCUT2D eigenvalue weighted by molar-refractivity contribution is -0.137. The minimum absolute atomic E-state index is 0.00436. The Morgan fingerprint density at radius 2 is 1.61 bits per heavy atom.